The van der Waals surface area contributed by atoms with Crippen molar-refractivity contribution in [2.75, 3.05) is 11.9 Å². The lowest BCUT2D eigenvalue weighted by Gasteiger charge is -2.28. The fourth-order valence-corrected chi connectivity index (χ4v) is 2.66. The molecule has 0 spiro atoms. The quantitative estimate of drug-likeness (QED) is 0.858. The Hall–Kier alpha value is -2.21. The smallest absolute Gasteiger partial charge is 0.231 e. The molecule has 3 N–H and O–H groups in total. The number of rotatable bonds is 6. The van der Waals surface area contributed by atoms with Crippen molar-refractivity contribution in [2.45, 2.75) is 40.5 Å². The van der Waals surface area contributed by atoms with Crippen molar-refractivity contribution >= 4 is 11.6 Å². The molecular formula is C17H25N5O. The number of aryl methyl sites for hydroxylation is 2. The third-order valence-corrected chi connectivity index (χ3v) is 4.46. The standard InChI is InChI=1S/C17H25N5O/c1-5-17(6-2,11-18)16(23)20-14-7-8-15(19-10-14)22-13(4)9-12(3)21-22/h7-10H,5-6,11,18H2,1-4H3,(H,20,23). The largest absolute Gasteiger partial charge is 0.329 e. The van der Waals surface area contributed by atoms with Crippen LogP contribution in [0.25, 0.3) is 5.82 Å². The number of amides is 1. The van der Waals surface area contributed by atoms with E-state index in [-0.39, 0.29) is 5.91 Å². The van der Waals surface area contributed by atoms with Crippen molar-refractivity contribution in [3.05, 3.63) is 35.8 Å². The van der Waals surface area contributed by atoms with E-state index in [0.717, 1.165) is 17.2 Å². The number of carbonyl (C=O) groups excluding carboxylic acids is 1. The summed E-state index contributed by atoms with van der Waals surface area (Å²) < 4.78 is 1.78. The highest BCUT2D eigenvalue weighted by Gasteiger charge is 2.33. The highest BCUT2D eigenvalue weighted by molar-refractivity contribution is 5.95. The SMILES string of the molecule is CCC(CC)(CN)C(=O)Nc1ccc(-n2nc(C)cc2C)nc1. The minimum Gasteiger partial charge on any atom is -0.329 e. The van der Waals surface area contributed by atoms with Gasteiger partial charge in [-0.1, -0.05) is 13.8 Å². The minimum absolute atomic E-state index is 0.0503. The van der Waals surface area contributed by atoms with Crippen molar-refractivity contribution in [3.8, 4) is 5.82 Å². The van der Waals surface area contributed by atoms with Gasteiger partial charge in [0.15, 0.2) is 5.82 Å². The van der Waals surface area contributed by atoms with Crippen molar-refractivity contribution < 1.29 is 4.79 Å². The third-order valence-electron chi connectivity index (χ3n) is 4.46. The Morgan fingerprint density at radius 2 is 2.00 bits per heavy atom. The number of anilines is 1. The first-order chi connectivity index (χ1) is 11.0. The second-order valence-corrected chi connectivity index (χ2v) is 5.89. The van der Waals surface area contributed by atoms with Crippen LogP contribution in [-0.4, -0.2) is 27.2 Å². The second kappa shape index (κ2) is 6.91. The molecule has 0 aliphatic heterocycles. The van der Waals surface area contributed by atoms with Gasteiger partial charge in [0.1, 0.15) is 0 Å². The molecule has 0 saturated heterocycles. The van der Waals surface area contributed by atoms with Gasteiger partial charge in [0, 0.05) is 12.2 Å². The zero-order valence-electron chi connectivity index (χ0n) is 14.3. The van der Waals surface area contributed by atoms with Crippen LogP contribution < -0.4 is 11.1 Å². The molecule has 2 aromatic rings. The number of nitrogens with two attached hydrogens (primary N) is 1. The van der Waals surface area contributed by atoms with Crippen molar-refractivity contribution in [1.29, 1.82) is 0 Å². The van der Waals surface area contributed by atoms with Crippen LogP contribution in [0.2, 0.25) is 0 Å². The first kappa shape index (κ1) is 17.1. The summed E-state index contributed by atoms with van der Waals surface area (Å²) in [7, 11) is 0. The van der Waals surface area contributed by atoms with Crippen LogP contribution in [0.4, 0.5) is 5.69 Å². The molecule has 2 rings (SSSR count). The lowest BCUT2D eigenvalue weighted by Crippen LogP contribution is -2.41. The highest BCUT2D eigenvalue weighted by Crippen LogP contribution is 2.27. The summed E-state index contributed by atoms with van der Waals surface area (Å²) in [6.45, 7) is 8.23. The van der Waals surface area contributed by atoms with Gasteiger partial charge >= 0.3 is 0 Å². The fourth-order valence-electron chi connectivity index (χ4n) is 2.66. The van der Waals surface area contributed by atoms with Gasteiger partial charge < -0.3 is 11.1 Å². The topological polar surface area (TPSA) is 85.8 Å². The molecule has 0 atom stereocenters. The summed E-state index contributed by atoms with van der Waals surface area (Å²) in [6, 6.07) is 5.68. The molecular weight excluding hydrogens is 290 g/mol. The van der Waals surface area contributed by atoms with E-state index in [1.165, 1.54) is 0 Å². The predicted octanol–water partition coefficient (Wildman–Crippen LogP) is 2.59. The predicted molar refractivity (Wildman–Crippen MR) is 91.5 cm³/mol. The first-order valence-corrected chi connectivity index (χ1v) is 7.97. The molecule has 6 nitrogen and oxygen atoms in total. The summed E-state index contributed by atoms with van der Waals surface area (Å²) in [5, 5.41) is 7.32. The Labute approximate surface area is 137 Å². The van der Waals surface area contributed by atoms with Crippen LogP contribution in [0, 0.1) is 19.3 Å². The number of hydrogen-bond acceptors (Lipinski definition) is 4. The molecule has 0 aliphatic carbocycles. The summed E-state index contributed by atoms with van der Waals surface area (Å²) >= 11 is 0. The maximum absolute atomic E-state index is 12.5. The van der Waals surface area contributed by atoms with E-state index in [9.17, 15) is 4.79 Å². The van der Waals surface area contributed by atoms with Crippen molar-refractivity contribution in [1.82, 2.24) is 14.8 Å². The van der Waals surface area contributed by atoms with Gasteiger partial charge in [-0.2, -0.15) is 5.10 Å². The van der Waals surface area contributed by atoms with Crippen molar-refractivity contribution in [3.63, 3.8) is 0 Å². The average molecular weight is 315 g/mol. The molecule has 23 heavy (non-hydrogen) atoms. The second-order valence-electron chi connectivity index (χ2n) is 5.89. The van der Waals surface area contributed by atoms with Crippen LogP contribution in [0.3, 0.4) is 0 Å². The summed E-state index contributed by atoms with van der Waals surface area (Å²) in [6.07, 6.45) is 3.07. The molecule has 0 aliphatic rings. The van der Waals surface area contributed by atoms with Crippen molar-refractivity contribution in [2.24, 2.45) is 11.1 Å². The van der Waals surface area contributed by atoms with E-state index in [2.05, 4.69) is 15.4 Å². The number of pyridine rings is 1. The zero-order valence-corrected chi connectivity index (χ0v) is 14.3. The molecule has 1 amide bonds. The normalized spacial score (nSPS) is 11.5. The van der Waals surface area contributed by atoms with E-state index in [1.807, 2.05) is 45.9 Å². The van der Waals surface area contributed by atoms with Gasteiger partial charge in [-0.15, -0.1) is 0 Å². The molecule has 6 heteroatoms. The van der Waals surface area contributed by atoms with E-state index in [0.29, 0.717) is 25.1 Å². The van der Waals surface area contributed by atoms with Crippen LogP contribution in [0.15, 0.2) is 24.4 Å². The van der Waals surface area contributed by atoms with E-state index >= 15 is 0 Å². The number of carbonyl (C=O) groups is 1. The van der Waals surface area contributed by atoms with Gasteiger partial charge in [0.2, 0.25) is 5.91 Å². The fraction of sp³-hybridized carbons (Fsp3) is 0.471. The summed E-state index contributed by atoms with van der Waals surface area (Å²) in [4.78, 5) is 16.9. The highest BCUT2D eigenvalue weighted by atomic mass is 16.2. The lowest BCUT2D eigenvalue weighted by molar-refractivity contribution is -0.125. The molecule has 124 valence electrons. The molecule has 0 fully saturated rings. The Morgan fingerprint density at radius 3 is 2.43 bits per heavy atom. The Kier molecular flexibility index (Phi) is 5.15. The molecule has 0 radical (unpaired) electrons. The molecule has 0 bridgehead atoms. The van der Waals surface area contributed by atoms with Crippen LogP contribution in [0.5, 0.6) is 0 Å². The lowest BCUT2D eigenvalue weighted by atomic mass is 9.81. The Morgan fingerprint density at radius 1 is 1.30 bits per heavy atom. The Balaban J connectivity index is 2.17. The Bertz CT molecular complexity index is 663. The van der Waals surface area contributed by atoms with Crippen LogP contribution >= 0.6 is 0 Å². The van der Waals surface area contributed by atoms with Crippen LogP contribution in [-0.2, 0) is 4.79 Å². The number of nitrogens with zero attached hydrogens (tertiary/aromatic N) is 3. The maximum atomic E-state index is 12.5. The molecule has 0 saturated carbocycles. The molecule has 2 heterocycles. The van der Waals surface area contributed by atoms with Gasteiger partial charge in [-0.3, -0.25) is 4.79 Å². The summed E-state index contributed by atoms with van der Waals surface area (Å²) in [5.41, 5.74) is 7.93. The van der Waals surface area contributed by atoms with Gasteiger partial charge in [0.25, 0.3) is 0 Å². The van der Waals surface area contributed by atoms with E-state index in [1.54, 1.807) is 10.9 Å². The number of aromatic nitrogens is 3. The van der Waals surface area contributed by atoms with E-state index < -0.39 is 5.41 Å². The maximum Gasteiger partial charge on any atom is 0.231 e. The minimum atomic E-state index is -0.519. The third kappa shape index (κ3) is 3.42. The molecule has 0 aromatic carbocycles. The average Bonchev–Trinajstić information content (AvgIpc) is 2.89. The number of nitrogens with one attached hydrogen (secondary N) is 1. The van der Waals surface area contributed by atoms with E-state index in [4.69, 9.17) is 5.73 Å². The van der Waals surface area contributed by atoms with Gasteiger partial charge in [0.05, 0.1) is 23.0 Å². The number of hydrogen-bond donors (Lipinski definition) is 2. The van der Waals surface area contributed by atoms with Gasteiger partial charge in [-0.05, 0) is 44.9 Å². The first-order valence-electron chi connectivity index (χ1n) is 7.97. The van der Waals surface area contributed by atoms with Crippen LogP contribution in [0.1, 0.15) is 38.1 Å². The summed E-state index contributed by atoms with van der Waals surface area (Å²) in [5.74, 6) is 0.676. The molecule has 2 aromatic heterocycles. The monoisotopic (exact) mass is 315 g/mol. The molecule has 0 unspecified atom stereocenters. The van der Waals surface area contributed by atoms with Gasteiger partial charge in [-0.25, -0.2) is 9.67 Å². The zero-order chi connectivity index (χ0) is 17.0.